The molecule has 0 bridgehead atoms. The van der Waals surface area contributed by atoms with Crippen LogP contribution in [0, 0.1) is 25.2 Å². The second-order valence-electron chi connectivity index (χ2n) is 23.0. The lowest BCUT2D eigenvalue weighted by atomic mass is 9.85. The van der Waals surface area contributed by atoms with Crippen LogP contribution < -0.4 is 15.4 Å². The SMILES string of the molecule is Cc1ncsc1-c1ccc(CNC(=O)[C@@H]2C[C@@H](O)CN2C(=O)[C@@H](NC(=O)CCCCCCCCC(=O)N2CCN(Cc3ccc4c(c3)CN(C(=O)c3c(O)cc(O)c(C)c3OCC3CCCCC3)C4)CC2)C(C)(C)C)cc1. The standard InChI is InChI=1S/C60H81N7O9S/c1-39-49(69)31-50(70)53(54(39)76-37-42-15-11-10-12-16-42)58(74)66-34-45-24-21-43(29-46(45)35-66)33-64-25-27-65(28-26-64)52(72)18-14-9-7-6-8-13-17-51(71)63-56(60(3,4)5)59(75)67-36-47(68)30-48(67)57(73)61-32-41-19-22-44(23-20-41)55-40(2)62-38-77-55/h19-24,29,31,38,42,47-48,56,68-70H,6-18,25-28,30,32-37H2,1-5H3,(H,61,73)(H,63,71)/t47-,48+,56-/m1/s1. The molecule has 0 radical (unpaired) electrons. The van der Waals surface area contributed by atoms with E-state index in [2.05, 4.69) is 38.7 Å². The van der Waals surface area contributed by atoms with Gasteiger partial charge in [-0.25, -0.2) is 4.98 Å². The fourth-order valence-corrected chi connectivity index (χ4v) is 12.2. The van der Waals surface area contributed by atoms with E-state index < -0.39 is 23.6 Å². The molecule has 4 aliphatic rings. The molecule has 3 atom stereocenters. The van der Waals surface area contributed by atoms with Crippen molar-refractivity contribution in [3.8, 4) is 27.7 Å². The number of aryl methyl sites for hydroxylation is 1. The molecule has 3 fully saturated rings. The largest absolute Gasteiger partial charge is 0.507 e. The third-order valence-corrected chi connectivity index (χ3v) is 17.0. The number of phenols is 2. The molecule has 17 heteroatoms. The Morgan fingerprint density at radius 3 is 2.17 bits per heavy atom. The van der Waals surface area contributed by atoms with Gasteiger partial charge in [-0.1, -0.05) is 108 Å². The molecular weight excluding hydrogens is 995 g/mol. The van der Waals surface area contributed by atoms with E-state index in [1.54, 1.807) is 23.2 Å². The van der Waals surface area contributed by atoms with Gasteiger partial charge in [0.05, 0.1) is 28.8 Å². The number of thiazole rings is 1. The number of piperazine rings is 1. The summed E-state index contributed by atoms with van der Waals surface area (Å²) >= 11 is 1.58. The summed E-state index contributed by atoms with van der Waals surface area (Å²) in [7, 11) is 0. The van der Waals surface area contributed by atoms with Gasteiger partial charge in [0.2, 0.25) is 23.6 Å². The van der Waals surface area contributed by atoms with Gasteiger partial charge in [-0.2, -0.15) is 0 Å². The molecule has 4 heterocycles. The third kappa shape index (κ3) is 14.8. The van der Waals surface area contributed by atoms with Gasteiger partial charge >= 0.3 is 0 Å². The van der Waals surface area contributed by atoms with Crippen LogP contribution in [-0.4, -0.2) is 127 Å². The van der Waals surface area contributed by atoms with Crippen molar-refractivity contribution in [3.05, 3.63) is 93.1 Å². The highest BCUT2D eigenvalue weighted by Crippen LogP contribution is 2.41. The second kappa shape index (κ2) is 26.1. The van der Waals surface area contributed by atoms with Crippen molar-refractivity contribution < 1.29 is 44.0 Å². The molecule has 3 aromatic carbocycles. The molecule has 0 unspecified atom stereocenters. The highest BCUT2D eigenvalue weighted by molar-refractivity contribution is 7.13. The molecular formula is C60H81N7O9S. The number of β-amino-alcohol motifs (C(OH)–C–C–N with tert-alkyl or cyclic N) is 1. The minimum absolute atomic E-state index is 0.0191. The molecule has 1 aromatic heterocycles. The summed E-state index contributed by atoms with van der Waals surface area (Å²) in [6, 6.07) is 13.8. The second-order valence-corrected chi connectivity index (χ2v) is 23.9. The van der Waals surface area contributed by atoms with Crippen LogP contribution in [-0.2, 0) is 45.4 Å². The zero-order chi connectivity index (χ0) is 54.8. The van der Waals surface area contributed by atoms with E-state index in [-0.39, 0.29) is 78.3 Å². The van der Waals surface area contributed by atoms with E-state index in [1.807, 2.05) is 62.4 Å². The first kappa shape index (κ1) is 57.1. The number of unbranched alkanes of at least 4 members (excludes halogenated alkanes) is 5. The summed E-state index contributed by atoms with van der Waals surface area (Å²) < 4.78 is 6.23. The molecule has 5 amide bonds. The Hall–Kier alpha value is -6.04. The number of carbonyl (C=O) groups is 5. The minimum atomic E-state index is -0.873. The van der Waals surface area contributed by atoms with Gasteiger partial charge in [0.15, 0.2) is 0 Å². The lowest BCUT2D eigenvalue weighted by Gasteiger charge is -2.35. The molecule has 1 saturated carbocycles. The number of carbonyl (C=O) groups excluding carboxylic acids is 5. The summed E-state index contributed by atoms with van der Waals surface area (Å²) in [5.41, 5.74) is 7.96. The van der Waals surface area contributed by atoms with Crippen molar-refractivity contribution in [2.75, 3.05) is 39.3 Å². The first-order chi connectivity index (χ1) is 36.9. The zero-order valence-electron chi connectivity index (χ0n) is 45.9. The van der Waals surface area contributed by atoms with E-state index in [1.165, 1.54) is 17.4 Å². The number of hydrogen-bond acceptors (Lipinski definition) is 12. The van der Waals surface area contributed by atoms with E-state index in [9.17, 15) is 39.3 Å². The summed E-state index contributed by atoms with van der Waals surface area (Å²) in [5, 5.41) is 38.0. The zero-order valence-corrected chi connectivity index (χ0v) is 46.7. The highest BCUT2D eigenvalue weighted by Gasteiger charge is 2.44. The number of nitrogens with one attached hydrogen (secondary N) is 2. The maximum atomic E-state index is 14.1. The predicted molar refractivity (Wildman–Crippen MR) is 297 cm³/mol. The third-order valence-electron chi connectivity index (χ3n) is 16.1. The number of aromatic nitrogens is 1. The Morgan fingerprint density at radius 1 is 0.805 bits per heavy atom. The Kier molecular flexibility index (Phi) is 19.3. The topological polar surface area (TPSA) is 205 Å². The van der Waals surface area contributed by atoms with Crippen LogP contribution in [0.3, 0.4) is 0 Å². The first-order valence-electron chi connectivity index (χ1n) is 28.1. The lowest BCUT2D eigenvalue weighted by Crippen LogP contribution is -2.57. The molecule has 416 valence electrons. The van der Waals surface area contributed by atoms with Crippen molar-refractivity contribution >= 4 is 40.9 Å². The van der Waals surface area contributed by atoms with Crippen molar-refractivity contribution in [2.45, 2.75) is 169 Å². The highest BCUT2D eigenvalue weighted by atomic mass is 32.1. The monoisotopic (exact) mass is 1080 g/mol. The van der Waals surface area contributed by atoms with E-state index in [0.29, 0.717) is 57.1 Å². The van der Waals surface area contributed by atoms with Crippen molar-refractivity contribution in [2.24, 2.45) is 11.3 Å². The Bertz CT molecular complexity index is 2710. The van der Waals surface area contributed by atoms with Crippen LogP contribution in [0.2, 0.25) is 0 Å². The van der Waals surface area contributed by atoms with Crippen LogP contribution in [0.5, 0.6) is 17.2 Å². The Morgan fingerprint density at radius 2 is 1.48 bits per heavy atom. The summed E-state index contributed by atoms with van der Waals surface area (Å²) in [6.07, 6.45) is 10.9. The predicted octanol–water partition coefficient (Wildman–Crippen LogP) is 8.53. The fraction of sp³-hybridized carbons (Fsp3) is 0.567. The number of rotatable bonds is 21. The van der Waals surface area contributed by atoms with E-state index >= 15 is 0 Å². The smallest absolute Gasteiger partial charge is 0.262 e. The molecule has 1 aliphatic carbocycles. The van der Waals surface area contributed by atoms with Gasteiger partial charge in [-0.3, -0.25) is 28.9 Å². The minimum Gasteiger partial charge on any atom is -0.507 e. The lowest BCUT2D eigenvalue weighted by molar-refractivity contribution is -0.144. The number of likely N-dealkylation sites (tertiary alicyclic amines) is 1. The fourth-order valence-electron chi connectivity index (χ4n) is 11.4. The average molecular weight is 1080 g/mol. The number of ether oxygens (including phenoxy) is 1. The normalized spacial score (nSPS) is 18.5. The molecule has 8 rings (SSSR count). The van der Waals surface area contributed by atoms with Gasteiger partial charge in [0.25, 0.3) is 5.91 Å². The Labute approximate surface area is 458 Å². The molecule has 5 N–H and O–H groups in total. The van der Waals surface area contributed by atoms with Crippen molar-refractivity contribution in [1.29, 1.82) is 0 Å². The van der Waals surface area contributed by atoms with Gasteiger partial charge < -0.3 is 45.4 Å². The van der Waals surface area contributed by atoms with Gasteiger partial charge in [0, 0.05) is 89.8 Å². The molecule has 77 heavy (non-hydrogen) atoms. The van der Waals surface area contributed by atoms with Gasteiger partial charge in [0.1, 0.15) is 34.9 Å². The number of benzene rings is 3. The quantitative estimate of drug-likeness (QED) is 0.0500. The number of nitrogens with zero attached hydrogens (tertiary/aromatic N) is 5. The number of aliphatic hydroxyl groups excluding tert-OH is 1. The molecule has 16 nitrogen and oxygen atoms in total. The van der Waals surface area contributed by atoms with Gasteiger partial charge in [-0.05, 0) is 78.7 Å². The summed E-state index contributed by atoms with van der Waals surface area (Å²) in [6.45, 7) is 14.6. The number of amides is 5. The van der Waals surface area contributed by atoms with Crippen LogP contribution in [0.1, 0.15) is 155 Å². The first-order valence-corrected chi connectivity index (χ1v) is 28.9. The Balaban J connectivity index is 0.701. The number of fused-ring (bicyclic) bond motifs is 1. The number of aromatic hydroxyl groups is 2. The number of hydrogen-bond donors (Lipinski definition) is 5. The van der Waals surface area contributed by atoms with E-state index in [0.717, 1.165) is 116 Å². The van der Waals surface area contributed by atoms with Crippen molar-refractivity contribution in [3.63, 3.8) is 0 Å². The summed E-state index contributed by atoms with van der Waals surface area (Å²) in [5.74, 6) is -0.792. The van der Waals surface area contributed by atoms with Gasteiger partial charge in [-0.15, -0.1) is 11.3 Å². The van der Waals surface area contributed by atoms with Crippen LogP contribution in [0.15, 0.2) is 54.0 Å². The van der Waals surface area contributed by atoms with Crippen LogP contribution in [0.25, 0.3) is 10.4 Å². The van der Waals surface area contributed by atoms with Crippen molar-refractivity contribution in [1.82, 2.24) is 35.2 Å². The van der Waals surface area contributed by atoms with E-state index in [4.69, 9.17) is 4.74 Å². The molecule has 3 aliphatic heterocycles. The van der Waals surface area contributed by atoms with Crippen LogP contribution >= 0.6 is 11.3 Å². The average Bonchev–Trinajstić information content (AvgIpc) is 4.17. The summed E-state index contributed by atoms with van der Waals surface area (Å²) in [4.78, 5) is 81.0. The molecule has 4 aromatic rings. The maximum absolute atomic E-state index is 14.1. The number of phenolic OH excluding ortho intramolecular Hbond substituents is 2. The van der Waals surface area contributed by atoms with Crippen LogP contribution in [0.4, 0.5) is 0 Å². The maximum Gasteiger partial charge on any atom is 0.262 e. The molecule has 2 saturated heterocycles. The molecule has 0 spiro atoms. The number of aliphatic hydroxyl groups is 1.